The van der Waals surface area contributed by atoms with E-state index in [9.17, 15) is 5.11 Å². The molecule has 0 saturated heterocycles. The van der Waals surface area contributed by atoms with Crippen LogP contribution in [0.4, 0.5) is 0 Å². The first-order valence-corrected chi connectivity index (χ1v) is 7.64. The number of benzene rings is 2. The van der Waals surface area contributed by atoms with E-state index < -0.39 is 6.10 Å². The number of hydrogen-bond acceptors (Lipinski definition) is 3. The summed E-state index contributed by atoms with van der Waals surface area (Å²) >= 11 is 0. The molecular formula is C18H24O3. The SMILES string of the molecule is CCCCOCCOc1c(C(C)O)ccc2ccccc12. The van der Waals surface area contributed by atoms with Gasteiger partial charge in [-0.1, -0.05) is 49.7 Å². The highest BCUT2D eigenvalue weighted by molar-refractivity contribution is 5.89. The molecule has 0 aliphatic carbocycles. The fraction of sp³-hybridized carbons (Fsp3) is 0.444. The van der Waals surface area contributed by atoms with E-state index >= 15 is 0 Å². The Morgan fingerprint density at radius 1 is 1.05 bits per heavy atom. The molecule has 3 nitrogen and oxygen atoms in total. The van der Waals surface area contributed by atoms with Crippen LogP contribution in [-0.4, -0.2) is 24.9 Å². The summed E-state index contributed by atoms with van der Waals surface area (Å²) in [7, 11) is 0. The van der Waals surface area contributed by atoms with Crippen molar-refractivity contribution in [1.82, 2.24) is 0 Å². The van der Waals surface area contributed by atoms with Crippen molar-refractivity contribution in [2.75, 3.05) is 19.8 Å². The molecule has 0 heterocycles. The van der Waals surface area contributed by atoms with Crippen molar-refractivity contribution < 1.29 is 14.6 Å². The average Bonchev–Trinajstić information content (AvgIpc) is 2.50. The van der Waals surface area contributed by atoms with Gasteiger partial charge in [0, 0.05) is 17.6 Å². The lowest BCUT2D eigenvalue weighted by Gasteiger charge is -2.16. The smallest absolute Gasteiger partial charge is 0.133 e. The molecular weight excluding hydrogens is 264 g/mol. The highest BCUT2D eigenvalue weighted by Crippen LogP contribution is 2.33. The Balaban J connectivity index is 2.10. The standard InChI is InChI=1S/C18H24O3/c1-3-4-11-20-12-13-21-18-16(14(2)19)10-9-15-7-5-6-8-17(15)18/h5-10,14,19H,3-4,11-13H2,1-2H3. The normalized spacial score (nSPS) is 12.5. The number of ether oxygens (including phenoxy) is 2. The molecule has 1 N–H and O–H groups in total. The summed E-state index contributed by atoms with van der Waals surface area (Å²) in [6, 6.07) is 12.0. The molecule has 0 radical (unpaired) electrons. The lowest BCUT2D eigenvalue weighted by Crippen LogP contribution is -2.09. The van der Waals surface area contributed by atoms with Crippen LogP contribution in [0.2, 0.25) is 0 Å². The highest BCUT2D eigenvalue weighted by Gasteiger charge is 2.12. The van der Waals surface area contributed by atoms with Crippen LogP contribution < -0.4 is 4.74 Å². The molecule has 2 aromatic carbocycles. The molecule has 0 aliphatic rings. The monoisotopic (exact) mass is 288 g/mol. The molecule has 1 unspecified atom stereocenters. The van der Waals surface area contributed by atoms with Gasteiger partial charge < -0.3 is 14.6 Å². The first kappa shape index (κ1) is 15.8. The number of aliphatic hydroxyl groups is 1. The molecule has 1 atom stereocenters. The predicted octanol–water partition coefficient (Wildman–Crippen LogP) is 4.09. The summed E-state index contributed by atoms with van der Waals surface area (Å²) in [5.74, 6) is 0.766. The summed E-state index contributed by atoms with van der Waals surface area (Å²) in [4.78, 5) is 0. The molecule has 0 fully saturated rings. The molecule has 2 aromatic rings. The quantitative estimate of drug-likeness (QED) is 0.744. The van der Waals surface area contributed by atoms with E-state index in [0.717, 1.165) is 41.5 Å². The summed E-state index contributed by atoms with van der Waals surface area (Å²) in [6.07, 6.45) is 1.66. The topological polar surface area (TPSA) is 38.7 Å². The molecule has 0 saturated carbocycles. The Morgan fingerprint density at radius 2 is 1.86 bits per heavy atom. The van der Waals surface area contributed by atoms with Crippen LogP contribution in [0, 0.1) is 0 Å². The molecule has 0 bridgehead atoms. The van der Waals surface area contributed by atoms with Gasteiger partial charge in [0.1, 0.15) is 12.4 Å². The van der Waals surface area contributed by atoms with Gasteiger partial charge in [-0.2, -0.15) is 0 Å². The van der Waals surface area contributed by atoms with Crippen LogP contribution in [0.25, 0.3) is 10.8 Å². The van der Waals surface area contributed by atoms with Gasteiger partial charge in [0.05, 0.1) is 12.7 Å². The zero-order valence-corrected chi connectivity index (χ0v) is 12.8. The van der Waals surface area contributed by atoms with Gasteiger partial charge in [-0.3, -0.25) is 0 Å². The van der Waals surface area contributed by atoms with Crippen molar-refractivity contribution >= 4 is 10.8 Å². The van der Waals surface area contributed by atoms with Gasteiger partial charge in [0.2, 0.25) is 0 Å². The molecule has 3 heteroatoms. The van der Waals surface area contributed by atoms with Crippen LogP contribution in [-0.2, 0) is 4.74 Å². The second-order valence-electron chi connectivity index (χ2n) is 5.20. The Hall–Kier alpha value is -1.58. The van der Waals surface area contributed by atoms with E-state index in [0.29, 0.717) is 13.2 Å². The van der Waals surface area contributed by atoms with Gasteiger partial charge in [-0.25, -0.2) is 0 Å². The zero-order valence-electron chi connectivity index (χ0n) is 12.8. The second kappa shape index (κ2) is 8.01. The Kier molecular flexibility index (Phi) is 6.03. The Morgan fingerprint density at radius 3 is 2.62 bits per heavy atom. The van der Waals surface area contributed by atoms with Crippen molar-refractivity contribution in [3.05, 3.63) is 42.0 Å². The summed E-state index contributed by atoms with van der Waals surface area (Å²) in [5, 5.41) is 12.1. The summed E-state index contributed by atoms with van der Waals surface area (Å²) in [5.41, 5.74) is 0.822. The maximum absolute atomic E-state index is 9.93. The summed E-state index contributed by atoms with van der Waals surface area (Å²) in [6.45, 7) is 5.75. The third kappa shape index (κ3) is 4.19. The van der Waals surface area contributed by atoms with Crippen LogP contribution in [0.3, 0.4) is 0 Å². The molecule has 0 aromatic heterocycles. The Labute approximate surface area is 126 Å². The minimum atomic E-state index is -0.550. The van der Waals surface area contributed by atoms with E-state index in [4.69, 9.17) is 9.47 Å². The zero-order chi connectivity index (χ0) is 15.1. The van der Waals surface area contributed by atoms with E-state index in [1.165, 1.54) is 0 Å². The van der Waals surface area contributed by atoms with Crippen molar-refractivity contribution in [2.45, 2.75) is 32.8 Å². The lowest BCUT2D eigenvalue weighted by atomic mass is 10.0. The van der Waals surface area contributed by atoms with Crippen LogP contribution in [0.15, 0.2) is 36.4 Å². The van der Waals surface area contributed by atoms with Crippen molar-refractivity contribution in [2.24, 2.45) is 0 Å². The van der Waals surface area contributed by atoms with E-state index in [-0.39, 0.29) is 0 Å². The molecule has 2 rings (SSSR count). The third-order valence-corrected chi connectivity index (χ3v) is 3.48. The molecule has 0 spiro atoms. The minimum Gasteiger partial charge on any atom is -0.490 e. The van der Waals surface area contributed by atoms with Gasteiger partial charge >= 0.3 is 0 Å². The van der Waals surface area contributed by atoms with Gasteiger partial charge in [-0.15, -0.1) is 0 Å². The van der Waals surface area contributed by atoms with Crippen molar-refractivity contribution in [3.63, 3.8) is 0 Å². The predicted molar refractivity (Wildman–Crippen MR) is 85.8 cm³/mol. The number of fused-ring (bicyclic) bond motifs is 1. The highest BCUT2D eigenvalue weighted by atomic mass is 16.5. The molecule has 114 valence electrons. The third-order valence-electron chi connectivity index (χ3n) is 3.48. The van der Waals surface area contributed by atoms with Crippen molar-refractivity contribution in [3.8, 4) is 5.75 Å². The summed E-state index contributed by atoms with van der Waals surface area (Å²) < 4.78 is 11.4. The first-order valence-electron chi connectivity index (χ1n) is 7.64. The minimum absolute atomic E-state index is 0.497. The second-order valence-corrected chi connectivity index (χ2v) is 5.20. The van der Waals surface area contributed by atoms with E-state index in [1.54, 1.807) is 6.92 Å². The first-order chi connectivity index (χ1) is 10.2. The van der Waals surface area contributed by atoms with E-state index in [1.807, 2.05) is 36.4 Å². The lowest BCUT2D eigenvalue weighted by molar-refractivity contribution is 0.0968. The largest absolute Gasteiger partial charge is 0.490 e. The molecule has 0 amide bonds. The fourth-order valence-electron chi connectivity index (χ4n) is 2.30. The average molecular weight is 288 g/mol. The Bertz CT molecular complexity index is 563. The number of hydrogen-bond donors (Lipinski definition) is 1. The van der Waals surface area contributed by atoms with Crippen molar-refractivity contribution in [1.29, 1.82) is 0 Å². The van der Waals surface area contributed by atoms with Crippen LogP contribution in [0.5, 0.6) is 5.75 Å². The maximum atomic E-state index is 9.93. The van der Waals surface area contributed by atoms with Gasteiger partial charge in [0.25, 0.3) is 0 Å². The molecule has 21 heavy (non-hydrogen) atoms. The number of rotatable bonds is 8. The van der Waals surface area contributed by atoms with Gasteiger partial charge in [0.15, 0.2) is 0 Å². The fourth-order valence-corrected chi connectivity index (χ4v) is 2.30. The van der Waals surface area contributed by atoms with Crippen LogP contribution in [0.1, 0.15) is 38.4 Å². The number of aliphatic hydroxyl groups excluding tert-OH is 1. The number of unbranched alkanes of at least 4 members (excludes halogenated alkanes) is 1. The molecule has 0 aliphatic heterocycles. The van der Waals surface area contributed by atoms with Crippen LogP contribution >= 0.6 is 0 Å². The van der Waals surface area contributed by atoms with E-state index in [2.05, 4.69) is 6.92 Å². The maximum Gasteiger partial charge on any atom is 0.133 e. The van der Waals surface area contributed by atoms with Gasteiger partial charge in [-0.05, 0) is 18.7 Å².